The monoisotopic (exact) mass is 357 g/mol. The summed E-state index contributed by atoms with van der Waals surface area (Å²) in [5.74, 6) is 0.682. The van der Waals surface area contributed by atoms with E-state index in [1.165, 1.54) is 41.5 Å². The molecule has 0 fully saturated rings. The van der Waals surface area contributed by atoms with E-state index in [4.69, 9.17) is 5.11 Å². The standard InChI is InChI=1S/C19H23N3O2S/c1-13-16-4-2-3-5-17(16)22-18(21-13)8-9-20-19(24)7-6-15-10-14(11-23)12-25-15/h6-7,10,12,23H,2-5,8-9,11H2,1H3,(H,20,24)/b7-6+. The summed E-state index contributed by atoms with van der Waals surface area (Å²) in [7, 11) is 0. The molecule has 1 amide bonds. The number of aliphatic hydroxyl groups excluding tert-OH is 1. The summed E-state index contributed by atoms with van der Waals surface area (Å²) < 4.78 is 0. The summed E-state index contributed by atoms with van der Waals surface area (Å²) in [5, 5.41) is 13.8. The number of nitrogens with one attached hydrogen (secondary N) is 1. The van der Waals surface area contributed by atoms with Crippen molar-refractivity contribution in [1.29, 1.82) is 0 Å². The van der Waals surface area contributed by atoms with Gasteiger partial charge in [-0.3, -0.25) is 4.79 Å². The van der Waals surface area contributed by atoms with E-state index < -0.39 is 0 Å². The van der Waals surface area contributed by atoms with Crippen LogP contribution in [-0.4, -0.2) is 27.5 Å². The Morgan fingerprint density at radius 3 is 3.00 bits per heavy atom. The van der Waals surface area contributed by atoms with E-state index in [-0.39, 0.29) is 12.5 Å². The highest BCUT2D eigenvalue weighted by Gasteiger charge is 2.15. The molecule has 0 spiro atoms. The lowest BCUT2D eigenvalue weighted by Crippen LogP contribution is -2.24. The lowest BCUT2D eigenvalue weighted by atomic mass is 9.95. The number of aliphatic hydroxyl groups is 1. The summed E-state index contributed by atoms with van der Waals surface area (Å²) in [6, 6.07) is 1.87. The van der Waals surface area contributed by atoms with Crippen molar-refractivity contribution in [1.82, 2.24) is 15.3 Å². The minimum atomic E-state index is -0.131. The number of amides is 1. The first kappa shape index (κ1) is 17.8. The van der Waals surface area contributed by atoms with Crippen molar-refractivity contribution < 1.29 is 9.90 Å². The van der Waals surface area contributed by atoms with Gasteiger partial charge in [0, 0.05) is 35.3 Å². The minimum Gasteiger partial charge on any atom is -0.392 e. The normalized spacial score (nSPS) is 13.8. The molecule has 6 heteroatoms. The molecule has 25 heavy (non-hydrogen) atoms. The molecule has 5 nitrogen and oxygen atoms in total. The second-order valence-electron chi connectivity index (χ2n) is 6.25. The Morgan fingerprint density at radius 1 is 1.36 bits per heavy atom. The molecule has 132 valence electrons. The smallest absolute Gasteiger partial charge is 0.244 e. The molecule has 0 aromatic carbocycles. The average Bonchev–Trinajstić information content (AvgIpc) is 3.08. The highest BCUT2D eigenvalue weighted by molar-refractivity contribution is 7.11. The van der Waals surface area contributed by atoms with Gasteiger partial charge in [0.05, 0.1) is 6.61 Å². The van der Waals surface area contributed by atoms with Gasteiger partial charge in [0.2, 0.25) is 5.91 Å². The summed E-state index contributed by atoms with van der Waals surface area (Å²) in [6.45, 7) is 2.60. The molecule has 2 heterocycles. The molecule has 0 bridgehead atoms. The van der Waals surface area contributed by atoms with Crippen molar-refractivity contribution >= 4 is 23.3 Å². The Balaban J connectivity index is 1.50. The number of rotatable bonds is 6. The van der Waals surface area contributed by atoms with Crippen molar-refractivity contribution in [3.63, 3.8) is 0 Å². The molecule has 2 aromatic rings. The van der Waals surface area contributed by atoms with E-state index in [1.807, 2.05) is 11.4 Å². The number of hydrogen-bond acceptors (Lipinski definition) is 5. The third-order valence-electron chi connectivity index (χ3n) is 4.34. The number of hydrogen-bond donors (Lipinski definition) is 2. The molecule has 0 aliphatic heterocycles. The fourth-order valence-corrected chi connectivity index (χ4v) is 3.83. The molecule has 1 aliphatic rings. The van der Waals surface area contributed by atoms with Crippen LogP contribution in [0.15, 0.2) is 17.5 Å². The Hall–Kier alpha value is -2.05. The quantitative estimate of drug-likeness (QED) is 0.779. The van der Waals surface area contributed by atoms with Crippen LogP contribution in [0.4, 0.5) is 0 Å². The zero-order valence-corrected chi connectivity index (χ0v) is 15.2. The fourth-order valence-electron chi connectivity index (χ4n) is 3.04. The van der Waals surface area contributed by atoms with Crippen LogP contribution in [0.2, 0.25) is 0 Å². The first-order valence-electron chi connectivity index (χ1n) is 8.65. The molecule has 0 unspecified atom stereocenters. The number of fused-ring (bicyclic) bond motifs is 1. The molecular weight excluding hydrogens is 334 g/mol. The summed E-state index contributed by atoms with van der Waals surface area (Å²) in [5.41, 5.74) is 4.46. The van der Waals surface area contributed by atoms with E-state index in [0.717, 1.165) is 34.8 Å². The molecule has 0 radical (unpaired) electrons. The van der Waals surface area contributed by atoms with Crippen LogP contribution in [0.1, 0.15) is 46.1 Å². The van der Waals surface area contributed by atoms with Gasteiger partial charge in [-0.2, -0.15) is 0 Å². The second-order valence-corrected chi connectivity index (χ2v) is 7.19. The molecule has 0 atom stereocenters. The Bertz CT molecular complexity index is 783. The average molecular weight is 357 g/mol. The number of carbonyl (C=O) groups excluding carboxylic acids is 1. The first-order chi connectivity index (χ1) is 12.2. The van der Waals surface area contributed by atoms with Gasteiger partial charge in [-0.15, -0.1) is 11.3 Å². The maximum atomic E-state index is 11.9. The van der Waals surface area contributed by atoms with Crippen LogP contribution in [0.3, 0.4) is 0 Å². The zero-order chi connectivity index (χ0) is 17.6. The maximum absolute atomic E-state index is 11.9. The highest BCUT2D eigenvalue weighted by atomic mass is 32.1. The van der Waals surface area contributed by atoms with Gasteiger partial charge >= 0.3 is 0 Å². The van der Waals surface area contributed by atoms with Crippen molar-refractivity contribution in [2.24, 2.45) is 0 Å². The van der Waals surface area contributed by atoms with Crippen molar-refractivity contribution in [3.8, 4) is 0 Å². The molecule has 1 aliphatic carbocycles. The number of aromatic nitrogens is 2. The van der Waals surface area contributed by atoms with Crippen LogP contribution in [0.25, 0.3) is 6.08 Å². The van der Waals surface area contributed by atoms with Gasteiger partial charge in [0.15, 0.2) is 0 Å². The van der Waals surface area contributed by atoms with Gasteiger partial charge in [-0.1, -0.05) is 0 Å². The van der Waals surface area contributed by atoms with E-state index in [2.05, 4.69) is 22.2 Å². The molecule has 2 N–H and O–H groups in total. The third kappa shape index (κ3) is 4.74. The summed E-state index contributed by atoms with van der Waals surface area (Å²) in [6.07, 6.45) is 8.47. The lowest BCUT2D eigenvalue weighted by molar-refractivity contribution is -0.116. The largest absolute Gasteiger partial charge is 0.392 e. The summed E-state index contributed by atoms with van der Waals surface area (Å²) >= 11 is 1.50. The van der Waals surface area contributed by atoms with Crippen LogP contribution in [0.5, 0.6) is 0 Å². The molecule has 0 saturated heterocycles. The van der Waals surface area contributed by atoms with Gasteiger partial charge in [-0.25, -0.2) is 9.97 Å². The van der Waals surface area contributed by atoms with E-state index in [9.17, 15) is 4.79 Å². The highest BCUT2D eigenvalue weighted by Crippen LogP contribution is 2.21. The van der Waals surface area contributed by atoms with Crippen molar-refractivity contribution in [2.45, 2.75) is 45.6 Å². The lowest BCUT2D eigenvalue weighted by Gasteiger charge is -2.17. The molecule has 3 rings (SSSR count). The summed E-state index contributed by atoms with van der Waals surface area (Å²) in [4.78, 5) is 22.1. The second kappa shape index (κ2) is 8.36. The Kier molecular flexibility index (Phi) is 5.94. The van der Waals surface area contributed by atoms with Crippen LogP contribution < -0.4 is 5.32 Å². The van der Waals surface area contributed by atoms with Gasteiger partial charge in [0.1, 0.15) is 5.82 Å². The number of carbonyl (C=O) groups is 1. The predicted molar refractivity (Wildman–Crippen MR) is 99.4 cm³/mol. The Labute approximate surface area is 151 Å². The maximum Gasteiger partial charge on any atom is 0.244 e. The zero-order valence-electron chi connectivity index (χ0n) is 14.4. The first-order valence-corrected chi connectivity index (χ1v) is 9.53. The topological polar surface area (TPSA) is 75.1 Å². The van der Waals surface area contributed by atoms with Gasteiger partial charge in [0.25, 0.3) is 0 Å². The molecular formula is C19H23N3O2S. The van der Waals surface area contributed by atoms with E-state index in [0.29, 0.717) is 13.0 Å². The molecule has 2 aromatic heterocycles. The SMILES string of the molecule is Cc1nc(CCNC(=O)/C=C/c2cc(CO)cs2)nc2c1CCCC2. The van der Waals surface area contributed by atoms with Crippen LogP contribution in [-0.2, 0) is 30.7 Å². The molecule has 0 saturated carbocycles. The van der Waals surface area contributed by atoms with Gasteiger partial charge < -0.3 is 10.4 Å². The third-order valence-corrected chi connectivity index (χ3v) is 5.29. The minimum absolute atomic E-state index is 0.0245. The van der Waals surface area contributed by atoms with E-state index >= 15 is 0 Å². The van der Waals surface area contributed by atoms with Crippen molar-refractivity contribution in [3.05, 3.63) is 50.7 Å². The van der Waals surface area contributed by atoms with Crippen molar-refractivity contribution in [2.75, 3.05) is 6.54 Å². The number of aryl methyl sites for hydroxylation is 2. The fraction of sp³-hybridized carbons (Fsp3) is 0.421. The number of thiophene rings is 1. The van der Waals surface area contributed by atoms with Gasteiger partial charge in [-0.05, 0) is 61.3 Å². The predicted octanol–water partition coefficient (Wildman–Crippen LogP) is 2.59. The number of nitrogens with zero attached hydrogens (tertiary/aromatic N) is 2. The van der Waals surface area contributed by atoms with Crippen LogP contribution >= 0.6 is 11.3 Å². The van der Waals surface area contributed by atoms with Crippen LogP contribution in [0, 0.1) is 6.92 Å². The van der Waals surface area contributed by atoms with E-state index in [1.54, 1.807) is 6.08 Å². The Morgan fingerprint density at radius 2 is 2.20 bits per heavy atom.